The average molecular weight is 328 g/mol. The highest BCUT2D eigenvalue weighted by atomic mass is 16.3. The standard InChI is InChI=1S/C21H28O3/c1-15-7-5-11-21(4)12-9-17(19(15)18(23)13-21)16(14-22)8-6-10-20(2,3)24/h5-6,8,10-11,14,17,19,24H,1,7,9,12-13H2,2-4H3. The number of hydrogen-bond acceptors (Lipinski definition) is 3. The second-order valence-electron chi connectivity index (χ2n) is 7.98. The van der Waals surface area contributed by atoms with Crippen molar-refractivity contribution in [1.82, 2.24) is 0 Å². The Balaban J connectivity index is 2.39. The summed E-state index contributed by atoms with van der Waals surface area (Å²) < 4.78 is 0. The maximum Gasteiger partial charge on any atom is 0.146 e. The molecule has 24 heavy (non-hydrogen) atoms. The van der Waals surface area contributed by atoms with Gasteiger partial charge >= 0.3 is 0 Å². The number of ketones is 1. The fourth-order valence-electron chi connectivity index (χ4n) is 3.75. The molecule has 2 aliphatic carbocycles. The van der Waals surface area contributed by atoms with Gasteiger partial charge in [-0.2, -0.15) is 0 Å². The predicted molar refractivity (Wildman–Crippen MR) is 96.4 cm³/mol. The van der Waals surface area contributed by atoms with Gasteiger partial charge in [0.25, 0.3) is 0 Å². The van der Waals surface area contributed by atoms with E-state index in [0.717, 1.165) is 24.7 Å². The van der Waals surface area contributed by atoms with Crippen LogP contribution in [0.1, 0.15) is 46.5 Å². The second-order valence-corrected chi connectivity index (χ2v) is 7.98. The summed E-state index contributed by atoms with van der Waals surface area (Å²) >= 11 is 0. The van der Waals surface area contributed by atoms with Gasteiger partial charge in [0.15, 0.2) is 0 Å². The molecular formula is C21H28O3. The first kappa shape index (κ1) is 18.6. The van der Waals surface area contributed by atoms with E-state index in [-0.39, 0.29) is 23.0 Å². The molecule has 1 fully saturated rings. The number of carbonyl (C=O) groups excluding carboxylic acids is 2. The van der Waals surface area contributed by atoms with Gasteiger partial charge in [-0.15, -0.1) is 0 Å². The highest BCUT2D eigenvalue weighted by molar-refractivity contribution is 5.88. The van der Waals surface area contributed by atoms with Crippen LogP contribution in [0.4, 0.5) is 0 Å². The molecule has 130 valence electrons. The van der Waals surface area contributed by atoms with E-state index in [1.54, 1.807) is 32.1 Å². The van der Waals surface area contributed by atoms with Gasteiger partial charge in [0.05, 0.1) is 5.60 Å². The monoisotopic (exact) mass is 328 g/mol. The fourth-order valence-corrected chi connectivity index (χ4v) is 3.75. The van der Waals surface area contributed by atoms with Crippen LogP contribution in [-0.4, -0.2) is 22.8 Å². The zero-order chi connectivity index (χ0) is 18.0. The minimum atomic E-state index is -0.932. The number of aldehydes is 1. The number of hydrogen-bond donors (Lipinski definition) is 1. The van der Waals surface area contributed by atoms with E-state index in [9.17, 15) is 14.7 Å². The van der Waals surface area contributed by atoms with E-state index >= 15 is 0 Å². The molecule has 3 nitrogen and oxygen atoms in total. The van der Waals surface area contributed by atoms with Crippen molar-refractivity contribution in [2.24, 2.45) is 17.3 Å². The molecule has 2 bridgehead atoms. The van der Waals surface area contributed by atoms with Crippen molar-refractivity contribution in [3.05, 3.63) is 48.1 Å². The number of rotatable bonds is 4. The molecule has 0 aliphatic heterocycles. The van der Waals surface area contributed by atoms with Crippen molar-refractivity contribution in [1.29, 1.82) is 0 Å². The van der Waals surface area contributed by atoms with Gasteiger partial charge in [-0.1, -0.05) is 49.5 Å². The molecule has 0 spiro atoms. The normalized spacial score (nSPS) is 31.9. The molecule has 0 heterocycles. The molecule has 2 rings (SSSR count). The third-order valence-corrected chi connectivity index (χ3v) is 5.05. The van der Waals surface area contributed by atoms with Crippen LogP contribution in [0, 0.1) is 17.3 Å². The van der Waals surface area contributed by atoms with Crippen LogP contribution < -0.4 is 0 Å². The highest BCUT2D eigenvalue weighted by Gasteiger charge is 2.41. The molecule has 1 N–H and O–H groups in total. The molecule has 2 aliphatic rings. The Morgan fingerprint density at radius 1 is 1.46 bits per heavy atom. The van der Waals surface area contributed by atoms with Crippen LogP contribution in [-0.2, 0) is 9.59 Å². The topological polar surface area (TPSA) is 54.4 Å². The summed E-state index contributed by atoms with van der Waals surface area (Å²) in [5.74, 6) is -0.229. The van der Waals surface area contributed by atoms with E-state index < -0.39 is 5.60 Å². The van der Waals surface area contributed by atoms with Gasteiger partial charge in [0.2, 0.25) is 0 Å². The smallest absolute Gasteiger partial charge is 0.146 e. The van der Waals surface area contributed by atoms with Gasteiger partial charge in [0.1, 0.15) is 12.1 Å². The molecule has 3 unspecified atom stereocenters. The summed E-state index contributed by atoms with van der Waals surface area (Å²) in [7, 11) is 0. The largest absolute Gasteiger partial charge is 0.386 e. The van der Waals surface area contributed by atoms with E-state index in [1.165, 1.54) is 0 Å². The lowest BCUT2D eigenvalue weighted by atomic mass is 9.75. The minimum Gasteiger partial charge on any atom is -0.386 e. The predicted octanol–water partition coefficient (Wildman–Crippen LogP) is 3.95. The second kappa shape index (κ2) is 7.02. The van der Waals surface area contributed by atoms with Crippen molar-refractivity contribution in [3.8, 4) is 0 Å². The first-order valence-corrected chi connectivity index (χ1v) is 8.60. The van der Waals surface area contributed by atoms with E-state index in [2.05, 4.69) is 25.7 Å². The Labute approximate surface area is 144 Å². The fraction of sp³-hybridized carbons (Fsp3) is 0.524. The van der Waals surface area contributed by atoms with Crippen LogP contribution in [0.3, 0.4) is 0 Å². The molecule has 0 amide bonds. The van der Waals surface area contributed by atoms with Crippen LogP contribution in [0.5, 0.6) is 0 Å². The van der Waals surface area contributed by atoms with Crippen LogP contribution in [0.25, 0.3) is 0 Å². The molecular weight excluding hydrogens is 300 g/mol. The van der Waals surface area contributed by atoms with Crippen molar-refractivity contribution in [2.75, 3.05) is 0 Å². The van der Waals surface area contributed by atoms with E-state index in [1.807, 2.05) is 0 Å². The molecule has 0 aromatic carbocycles. The Hall–Kier alpha value is -1.74. The number of carbonyl (C=O) groups is 2. The van der Waals surface area contributed by atoms with Crippen LogP contribution >= 0.6 is 0 Å². The molecule has 0 aromatic heterocycles. The van der Waals surface area contributed by atoms with Gasteiger partial charge in [-0.25, -0.2) is 0 Å². The Kier molecular flexibility index (Phi) is 5.44. The Bertz CT molecular complexity index is 615. The van der Waals surface area contributed by atoms with Crippen molar-refractivity contribution >= 4 is 12.1 Å². The first-order valence-electron chi connectivity index (χ1n) is 8.60. The first-order chi connectivity index (χ1) is 11.2. The zero-order valence-electron chi connectivity index (χ0n) is 14.9. The summed E-state index contributed by atoms with van der Waals surface area (Å²) in [6.07, 6.45) is 13.1. The summed E-state index contributed by atoms with van der Waals surface area (Å²) in [5, 5.41) is 9.77. The molecule has 3 atom stereocenters. The van der Waals surface area contributed by atoms with Gasteiger partial charge in [0, 0.05) is 18.3 Å². The maximum absolute atomic E-state index is 12.8. The summed E-state index contributed by atoms with van der Waals surface area (Å²) in [5.41, 5.74) is 0.449. The summed E-state index contributed by atoms with van der Waals surface area (Å²) in [6.45, 7) is 9.60. The third-order valence-electron chi connectivity index (χ3n) is 5.05. The molecule has 1 saturated carbocycles. The van der Waals surface area contributed by atoms with Crippen molar-refractivity contribution in [3.63, 3.8) is 0 Å². The van der Waals surface area contributed by atoms with Gasteiger partial charge < -0.3 is 5.11 Å². The summed E-state index contributed by atoms with van der Waals surface area (Å²) in [6, 6.07) is 0. The van der Waals surface area contributed by atoms with E-state index in [0.29, 0.717) is 18.4 Å². The van der Waals surface area contributed by atoms with Gasteiger partial charge in [-0.05, 0) is 44.1 Å². The Morgan fingerprint density at radius 2 is 2.17 bits per heavy atom. The SMILES string of the molecule is C=C1CC=CC2(C)CCC(C(C=O)=CC=CC(C)(C)O)C1C(=O)C2. The lowest BCUT2D eigenvalue weighted by Gasteiger charge is -2.27. The van der Waals surface area contributed by atoms with Crippen molar-refractivity contribution < 1.29 is 14.7 Å². The number of allylic oxidation sites excluding steroid dienone is 6. The minimum absolute atomic E-state index is 0.123. The summed E-state index contributed by atoms with van der Waals surface area (Å²) in [4.78, 5) is 24.5. The molecule has 0 aromatic rings. The lowest BCUT2D eigenvalue weighted by Crippen LogP contribution is -2.27. The van der Waals surface area contributed by atoms with Crippen LogP contribution in [0.2, 0.25) is 0 Å². The number of aliphatic hydroxyl groups is 1. The molecule has 0 saturated heterocycles. The number of Topliss-reactive ketones (excluding diaryl/α,β-unsaturated/α-hetero) is 1. The zero-order valence-corrected chi connectivity index (χ0v) is 14.9. The third kappa shape index (κ3) is 4.41. The van der Waals surface area contributed by atoms with E-state index in [4.69, 9.17) is 0 Å². The van der Waals surface area contributed by atoms with Crippen molar-refractivity contribution in [2.45, 2.75) is 52.1 Å². The number of fused-ring (bicyclic) bond motifs is 3. The quantitative estimate of drug-likeness (QED) is 0.368. The molecule has 0 radical (unpaired) electrons. The van der Waals surface area contributed by atoms with Gasteiger partial charge in [-0.3, -0.25) is 9.59 Å². The average Bonchev–Trinajstić information content (AvgIpc) is 2.54. The lowest BCUT2D eigenvalue weighted by molar-refractivity contribution is -0.123. The Morgan fingerprint density at radius 3 is 2.79 bits per heavy atom. The highest BCUT2D eigenvalue weighted by Crippen LogP contribution is 2.45. The molecule has 3 heteroatoms. The maximum atomic E-state index is 12.8. The van der Waals surface area contributed by atoms with Crippen LogP contribution in [0.15, 0.2) is 48.1 Å².